The number of nitrogens with zero attached hydrogens (tertiary/aromatic N) is 1. The number of ether oxygens (including phenoxy) is 1. The first-order valence-corrected chi connectivity index (χ1v) is 6.02. The van der Waals surface area contributed by atoms with Crippen molar-refractivity contribution in [3.05, 3.63) is 35.9 Å². The third-order valence-electron chi connectivity index (χ3n) is 3.60. The minimum absolute atomic E-state index is 0.0646. The van der Waals surface area contributed by atoms with Gasteiger partial charge in [-0.2, -0.15) is 0 Å². The van der Waals surface area contributed by atoms with E-state index in [1.54, 1.807) is 0 Å². The molecular formula is C13H17NO3. The van der Waals surface area contributed by atoms with Gasteiger partial charge in [0.15, 0.2) is 0 Å². The molecule has 0 bridgehead atoms. The molecule has 4 atom stereocenters. The Morgan fingerprint density at radius 1 is 1.35 bits per heavy atom. The highest BCUT2D eigenvalue weighted by atomic mass is 16.6. The first kappa shape index (κ1) is 11.2. The van der Waals surface area contributed by atoms with Gasteiger partial charge in [0, 0.05) is 13.1 Å². The summed E-state index contributed by atoms with van der Waals surface area (Å²) >= 11 is 0. The molecule has 0 aliphatic carbocycles. The molecule has 0 unspecified atom stereocenters. The van der Waals surface area contributed by atoms with Crippen LogP contribution < -0.4 is 0 Å². The number of likely N-dealkylation sites (tertiary alicyclic amines) is 1. The largest absolute Gasteiger partial charge is 0.394 e. The van der Waals surface area contributed by atoms with Crippen LogP contribution in [0.1, 0.15) is 5.56 Å². The zero-order chi connectivity index (χ0) is 11.8. The molecule has 2 fully saturated rings. The first-order chi connectivity index (χ1) is 8.29. The average molecular weight is 235 g/mol. The van der Waals surface area contributed by atoms with Crippen molar-refractivity contribution in [2.75, 3.05) is 13.2 Å². The van der Waals surface area contributed by atoms with E-state index in [1.165, 1.54) is 5.56 Å². The Morgan fingerprint density at radius 2 is 2.12 bits per heavy atom. The second-order valence-electron chi connectivity index (χ2n) is 4.79. The third-order valence-corrected chi connectivity index (χ3v) is 3.60. The Labute approximate surface area is 100 Å². The second kappa shape index (κ2) is 4.38. The van der Waals surface area contributed by atoms with Crippen molar-refractivity contribution in [3.63, 3.8) is 0 Å². The molecule has 4 nitrogen and oxygen atoms in total. The maximum atomic E-state index is 9.83. The minimum atomic E-state index is -0.712. The smallest absolute Gasteiger partial charge is 0.104 e. The summed E-state index contributed by atoms with van der Waals surface area (Å²) in [7, 11) is 0. The topological polar surface area (TPSA) is 56.2 Å². The van der Waals surface area contributed by atoms with Crippen molar-refractivity contribution in [3.8, 4) is 0 Å². The molecule has 0 amide bonds. The monoisotopic (exact) mass is 235 g/mol. The summed E-state index contributed by atoms with van der Waals surface area (Å²) in [5.41, 5.74) is 1.23. The van der Waals surface area contributed by atoms with E-state index >= 15 is 0 Å². The summed E-state index contributed by atoms with van der Waals surface area (Å²) in [6.45, 7) is 1.45. The van der Waals surface area contributed by atoms with E-state index in [2.05, 4.69) is 17.0 Å². The second-order valence-corrected chi connectivity index (χ2v) is 4.79. The average Bonchev–Trinajstić information content (AvgIpc) is 3.02. The van der Waals surface area contributed by atoms with Crippen LogP contribution in [0.15, 0.2) is 30.3 Å². The zero-order valence-corrected chi connectivity index (χ0v) is 9.57. The quantitative estimate of drug-likeness (QED) is 0.721. The van der Waals surface area contributed by atoms with E-state index in [9.17, 15) is 5.11 Å². The molecule has 2 N–H and O–H groups in total. The van der Waals surface area contributed by atoms with Gasteiger partial charge in [-0.05, 0) is 5.56 Å². The summed E-state index contributed by atoms with van der Waals surface area (Å²) in [5, 5.41) is 18.9. The lowest BCUT2D eigenvalue weighted by molar-refractivity contribution is -0.00362. The first-order valence-electron chi connectivity index (χ1n) is 6.02. The van der Waals surface area contributed by atoms with Crippen molar-refractivity contribution in [2.45, 2.75) is 30.9 Å². The Bertz CT molecular complexity index is 384. The number of aliphatic hydroxyl groups excluding tert-OH is 2. The highest BCUT2D eigenvalue weighted by Crippen LogP contribution is 2.38. The van der Waals surface area contributed by atoms with E-state index < -0.39 is 6.10 Å². The molecule has 2 saturated heterocycles. The highest BCUT2D eigenvalue weighted by molar-refractivity contribution is 5.17. The number of hydrogen-bond acceptors (Lipinski definition) is 4. The fourth-order valence-corrected chi connectivity index (χ4v) is 2.72. The van der Waals surface area contributed by atoms with Crippen LogP contribution in [-0.4, -0.2) is 52.6 Å². The Morgan fingerprint density at radius 3 is 2.82 bits per heavy atom. The van der Waals surface area contributed by atoms with Gasteiger partial charge in [0.05, 0.1) is 24.9 Å². The summed E-state index contributed by atoms with van der Waals surface area (Å²) in [4.78, 5) is 2.20. The van der Waals surface area contributed by atoms with Gasteiger partial charge in [-0.25, -0.2) is 0 Å². The lowest BCUT2D eigenvalue weighted by Gasteiger charge is -2.29. The normalized spacial score (nSPS) is 33.4. The van der Waals surface area contributed by atoms with Crippen LogP contribution >= 0.6 is 0 Å². The molecule has 0 saturated carbocycles. The van der Waals surface area contributed by atoms with Gasteiger partial charge in [0.25, 0.3) is 0 Å². The molecule has 0 radical (unpaired) electrons. The number of fused-ring (bicyclic) bond motifs is 1. The lowest BCUT2D eigenvalue weighted by atomic mass is 10.1. The molecule has 0 aromatic heterocycles. The molecule has 3 rings (SSSR count). The molecule has 1 aromatic carbocycles. The van der Waals surface area contributed by atoms with Crippen LogP contribution in [0.3, 0.4) is 0 Å². The van der Waals surface area contributed by atoms with E-state index in [0.29, 0.717) is 0 Å². The van der Waals surface area contributed by atoms with Gasteiger partial charge >= 0.3 is 0 Å². The van der Waals surface area contributed by atoms with Crippen LogP contribution in [0.25, 0.3) is 0 Å². The van der Waals surface area contributed by atoms with E-state index in [4.69, 9.17) is 9.84 Å². The van der Waals surface area contributed by atoms with Crippen molar-refractivity contribution in [1.29, 1.82) is 0 Å². The SMILES string of the molecule is OC[C@@H](O)[C@@H]1[C@H]2O[C@H]2CN1Cc1ccccc1. The number of rotatable bonds is 4. The predicted octanol–water partition coefficient (Wildman–Crippen LogP) is -0.00860. The highest BCUT2D eigenvalue weighted by Gasteiger charge is 2.56. The van der Waals surface area contributed by atoms with Crippen LogP contribution in [0.4, 0.5) is 0 Å². The fraction of sp³-hybridized carbons (Fsp3) is 0.538. The van der Waals surface area contributed by atoms with Crippen molar-refractivity contribution < 1.29 is 14.9 Å². The number of morpholine rings is 1. The van der Waals surface area contributed by atoms with Crippen molar-refractivity contribution in [2.24, 2.45) is 0 Å². The summed E-state index contributed by atoms with van der Waals surface area (Å²) in [6.07, 6.45) is -0.345. The maximum Gasteiger partial charge on any atom is 0.104 e. The molecule has 1 aromatic rings. The van der Waals surface area contributed by atoms with E-state index in [1.807, 2.05) is 18.2 Å². The van der Waals surface area contributed by atoms with Gasteiger partial charge in [-0.1, -0.05) is 30.3 Å². The van der Waals surface area contributed by atoms with E-state index in [0.717, 1.165) is 13.1 Å². The molecule has 2 aliphatic rings. The third kappa shape index (κ3) is 2.09. The molecule has 2 heterocycles. The maximum absolute atomic E-state index is 9.83. The summed E-state index contributed by atoms with van der Waals surface area (Å²) in [6, 6.07) is 10.1. The number of benzene rings is 1. The molecule has 92 valence electrons. The van der Waals surface area contributed by atoms with Gasteiger partial charge in [0.2, 0.25) is 0 Å². The van der Waals surface area contributed by atoms with Gasteiger partial charge in [0.1, 0.15) is 6.10 Å². The zero-order valence-electron chi connectivity index (χ0n) is 9.57. The Hall–Kier alpha value is -0.940. The van der Waals surface area contributed by atoms with Crippen molar-refractivity contribution in [1.82, 2.24) is 4.90 Å². The van der Waals surface area contributed by atoms with Gasteiger partial charge in [-0.15, -0.1) is 0 Å². The molecule has 0 spiro atoms. The molecule has 2 aliphatic heterocycles. The molecule has 4 heteroatoms. The molecule has 17 heavy (non-hydrogen) atoms. The fourth-order valence-electron chi connectivity index (χ4n) is 2.72. The number of hydrogen-bond donors (Lipinski definition) is 2. The number of aliphatic hydroxyl groups is 2. The Kier molecular flexibility index (Phi) is 2.88. The Balaban J connectivity index is 1.70. The molecular weight excluding hydrogens is 218 g/mol. The van der Waals surface area contributed by atoms with E-state index in [-0.39, 0.29) is 24.9 Å². The van der Waals surface area contributed by atoms with Crippen LogP contribution in [0, 0.1) is 0 Å². The van der Waals surface area contributed by atoms with Gasteiger partial charge in [-0.3, -0.25) is 4.90 Å². The van der Waals surface area contributed by atoms with Crippen molar-refractivity contribution >= 4 is 0 Å². The van der Waals surface area contributed by atoms with Crippen LogP contribution in [0.5, 0.6) is 0 Å². The van der Waals surface area contributed by atoms with Crippen LogP contribution in [-0.2, 0) is 11.3 Å². The van der Waals surface area contributed by atoms with Gasteiger partial charge < -0.3 is 14.9 Å². The summed E-state index contributed by atoms with van der Waals surface area (Å²) < 4.78 is 5.44. The predicted molar refractivity (Wildman–Crippen MR) is 62.4 cm³/mol. The lowest BCUT2D eigenvalue weighted by Crippen LogP contribution is -2.45. The minimum Gasteiger partial charge on any atom is -0.394 e. The standard InChI is InChI=1S/C13H17NO3/c15-8-10(16)12-13-11(17-13)7-14(12)6-9-4-2-1-3-5-9/h1-5,10-13,15-16H,6-8H2/t10-,11+,12-,13+/m1/s1. The van der Waals surface area contributed by atoms with Crippen LogP contribution in [0.2, 0.25) is 0 Å². The summed E-state index contributed by atoms with van der Waals surface area (Å²) in [5.74, 6) is 0. The number of epoxide rings is 1.